The Bertz CT molecular complexity index is 322. The zero-order valence-electron chi connectivity index (χ0n) is 8.95. The van der Waals surface area contributed by atoms with Gasteiger partial charge in [0.1, 0.15) is 10.8 Å². The molecule has 4 nitrogen and oxygen atoms in total. The van der Waals surface area contributed by atoms with Gasteiger partial charge in [-0.3, -0.25) is 0 Å². The van der Waals surface area contributed by atoms with Crippen molar-refractivity contribution in [2.75, 3.05) is 30.8 Å². The van der Waals surface area contributed by atoms with Gasteiger partial charge < -0.3 is 15.8 Å². The third-order valence-electron chi connectivity index (χ3n) is 2.48. The first-order valence-corrected chi connectivity index (χ1v) is 6.17. The lowest BCUT2D eigenvalue weighted by atomic mass is 10.2. The molecule has 0 saturated heterocycles. The maximum Gasteiger partial charge on any atom is 0.142 e. The van der Waals surface area contributed by atoms with Gasteiger partial charge in [-0.15, -0.1) is 0 Å². The molecule has 0 radical (unpaired) electrons. The van der Waals surface area contributed by atoms with Crippen molar-refractivity contribution >= 4 is 22.4 Å². The lowest BCUT2D eigenvalue weighted by Crippen LogP contribution is -2.09. The van der Waals surface area contributed by atoms with E-state index >= 15 is 0 Å². The monoisotopic (exact) mass is 227 g/mol. The van der Waals surface area contributed by atoms with Gasteiger partial charge in [0.05, 0.1) is 6.61 Å². The molecule has 0 amide bonds. The Morgan fingerprint density at radius 3 is 3.07 bits per heavy atom. The van der Waals surface area contributed by atoms with Crippen LogP contribution in [0.2, 0.25) is 0 Å². The molecule has 1 aliphatic carbocycles. The normalized spacial score (nSPS) is 15.5. The predicted molar refractivity (Wildman–Crippen MR) is 63.5 cm³/mol. The molecule has 1 fully saturated rings. The lowest BCUT2D eigenvalue weighted by molar-refractivity contribution is 0.158. The maximum atomic E-state index is 5.84. The highest BCUT2D eigenvalue weighted by Crippen LogP contribution is 2.47. The fourth-order valence-corrected chi connectivity index (χ4v) is 2.41. The Morgan fingerprint density at radius 2 is 2.40 bits per heavy atom. The van der Waals surface area contributed by atoms with Gasteiger partial charge in [0.2, 0.25) is 0 Å². The van der Waals surface area contributed by atoms with Crippen LogP contribution in [0.4, 0.5) is 10.8 Å². The van der Waals surface area contributed by atoms with Crippen LogP contribution in [0.25, 0.3) is 0 Å². The highest BCUT2D eigenvalue weighted by atomic mass is 32.1. The van der Waals surface area contributed by atoms with E-state index in [1.165, 1.54) is 29.9 Å². The number of hydrogen-bond donors (Lipinski definition) is 2. The van der Waals surface area contributed by atoms with Gasteiger partial charge in [-0.25, -0.2) is 0 Å². The van der Waals surface area contributed by atoms with Crippen molar-refractivity contribution in [2.45, 2.75) is 25.7 Å². The van der Waals surface area contributed by atoms with Crippen LogP contribution in [0.3, 0.4) is 0 Å². The Labute approximate surface area is 94.0 Å². The van der Waals surface area contributed by atoms with E-state index < -0.39 is 0 Å². The molecule has 1 heterocycles. The van der Waals surface area contributed by atoms with Crippen molar-refractivity contribution in [3.8, 4) is 0 Å². The quantitative estimate of drug-likeness (QED) is 0.730. The number of anilines is 2. The first kappa shape index (κ1) is 10.7. The van der Waals surface area contributed by atoms with E-state index in [1.54, 1.807) is 0 Å². The van der Waals surface area contributed by atoms with Crippen LogP contribution >= 0.6 is 11.5 Å². The number of ether oxygens (including phenoxy) is 1. The van der Waals surface area contributed by atoms with Gasteiger partial charge in [-0.1, -0.05) is 0 Å². The predicted octanol–water partition coefficient (Wildman–Crippen LogP) is 2.05. The summed E-state index contributed by atoms with van der Waals surface area (Å²) in [5, 5.41) is 4.48. The molecule has 0 unspecified atom stereocenters. The molecule has 1 aromatic rings. The average Bonchev–Trinajstić information content (AvgIpc) is 2.99. The molecule has 0 aromatic carbocycles. The van der Waals surface area contributed by atoms with Crippen LogP contribution in [0.1, 0.15) is 31.2 Å². The molecule has 2 rings (SSSR count). The van der Waals surface area contributed by atoms with Gasteiger partial charge in [-0.05, 0) is 37.2 Å². The second kappa shape index (κ2) is 4.81. The van der Waals surface area contributed by atoms with E-state index in [1.807, 2.05) is 6.92 Å². The van der Waals surface area contributed by atoms with Crippen LogP contribution in [-0.2, 0) is 4.74 Å². The Balaban J connectivity index is 1.90. The lowest BCUT2D eigenvalue weighted by Gasteiger charge is -2.05. The van der Waals surface area contributed by atoms with Gasteiger partial charge >= 0.3 is 0 Å². The fraction of sp³-hybridized carbons (Fsp3) is 0.700. The number of hydrogen-bond acceptors (Lipinski definition) is 5. The summed E-state index contributed by atoms with van der Waals surface area (Å²) in [7, 11) is 0. The molecule has 1 aromatic heterocycles. The SMILES string of the molecule is CCOCCNc1snc(N)c1C1CC1. The molecule has 1 saturated carbocycles. The van der Waals surface area contributed by atoms with Gasteiger partial charge in [-0.2, -0.15) is 4.37 Å². The second-order valence-electron chi connectivity index (χ2n) is 3.71. The Hall–Kier alpha value is -0.810. The fourth-order valence-electron chi connectivity index (χ4n) is 1.58. The van der Waals surface area contributed by atoms with Crippen molar-refractivity contribution in [1.29, 1.82) is 0 Å². The van der Waals surface area contributed by atoms with Gasteiger partial charge in [0, 0.05) is 18.7 Å². The zero-order valence-corrected chi connectivity index (χ0v) is 9.77. The minimum atomic E-state index is 0.651. The molecule has 15 heavy (non-hydrogen) atoms. The summed E-state index contributed by atoms with van der Waals surface area (Å²) in [6, 6.07) is 0. The average molecular weight is 227 g/mol. The molecule has 0 spiro atoms. The summed E-state index contributed by atoms with van der Waals surface area (Å²) in [5.74, 6) is 1.36. The molecular weight excluding hydrogens is 210 g/mol. The molecule has 3 N–H and O–H groups in total. The number of nitrogens with two attached hydrogens (primary N) is 1. The topological polar surface area (TPSA) is 60.2 Å². The van der Waals surface area contributed by atoms with Crippen LogP contribution in [0.15, 0.2) is 0 Å². The third kappa shape index (κ3) is 2.60. The number of nitrogens with one attached hydrogen (secondary N) is 1. The molecule has 0 aliphatic heterocycles. The highest BCUT2D eigenvalue weighted by Gasteiger charge is 2.30. The van der Waals surface area contributed by atoms with Crippen LogP contribution < -0.4 is 11.1 Å². The highest BCUT2D eigenvalue weighted by molar-refractivity contribution is 7.10. The first-order valence-electron chi connectivity index (χ1n) is 5.39. The van der Waals surface area contributed by atoms with Crippen LogP contribution in [0, 0.1) is 0 Å². The first-order chi connectivity index (χ1) is 7.33. The van der Waals surface area contributed by atoms with Gasteiger partial charge in [0.25, 0.3) is 0 Å². The molecule has 0 bridgehead atoms. The summed E-state index contributed by atoms with van der Waals surface area (Å²) in [5.41, 5.74) is 7.07. The van der Waals surface area contributed by atoms with Crippen molar-refractivity contribution in [3.05, 3.63) is 5.56 Å². The minimum Gasteiger partial charge on any atom is -0.383 e. The zero-order chi connectivity index (χ0) is 10.7. The third-order valence-corrected chi connectivity index (χ3v) is 3.31. The summed E-state index contributed by atoms with van der Waals surface area (Å²) in [6.07, 6.45) is 2.51. The van der Waals surface area contributed by atoms with E-state index in [2.05, 4.69) is 9.69 Å². The molecular formula is C10H17N3OS. The van der Waals surface area contributed by atoms with Crippen molar-refractivity contribution in [2.24, 2.45) is 0 Å². The van der Waals surface area contributed by atoms with Crippen LogP contribution in [0.5, 0.6) is 0 Å². The summed E-state index contributed by atoms with van der Waals surface area (Å²) in [6.45, 7) is 4.33. The number of rotatable bonds is 6. The maximum absolute atomic E-state index is 5.84. The largest absolute Gasteiger partial charge is 0.383 e. The van der Waals surface area contributed by atoms with Crippen molar-refractivity contribution in [1.82, 2.24) is 4.37 Å². The summed E-state index contributed by atoms with van der Waals surface area (Å²) < 4.78 is 9.46. The molecule has 84 valence electrons. The van der Waals surface area contributed by atoms with Crippen LogP contribution in [-0.4, -0.2) is 24.1 Å². The Morgan fingerprint density at radius 1 is 1.60 bits per heavy atom. The van der Waals surface area contributed by atoms with Crippen molar-refractivity contribution in [3.63, 3.8) is 0 Å². The second-order valence-corrected chi connectivity index (χ2v) is 4.48. The van der Waals surface area contributed by atoms with Gasteiger partial charge in [0.15, 0.2) is 0 Å². The standard InChI is InChI=1S/C10H17N3OS/c1-2-14-6-5-12-10-8(7-3-4-7)9(11)13-15-10/h7,12H,2-6H2,1H3,(H2,11,13). The summed E-state index contributed by atoms with van der Waals surface area (Å²) >= 11 is 1.46. The molecule has 5 heteroatoms. The van der Waals surface area contributed by atoms with Crippen molar-refractivity contribution < 1.29 is 4.74 Å². The van der Waals surface area contributed by atoms with E-state index in [-0.39, 0.29) is 0 Å². The van der Waals surface area contributed by atoms with E-state index in [0.717, 1.165) is 24.8 Å². The number of nitrogen functional groups attached to an aromatic ring is 1. The van der Waals surface area contributed by atoms with E-state index in [9.17, 15) is 0 Å². The molecule has 1 aliphatic rings. The number of aromatic nitrogens is 1. The Kier molecular flexibility index (Phi) is 3.43. The number of nitrogens with zero attached hydrogens (tertiary/aromatic N) is 1. The van der Waals surface area contributed by atoms with E-state index in [0.29, 0.717) is 11.7 Å². The smallest absolute Gasteiger partial charge is 0.142 e. The minimum absolute atomic E-state index is 0.651. The summed E-state index contributed by atoms with van der Waals surface area (Å²) in [4.78, 5) is 0. The molecule has 0 atom stereocenters. The van der Waals surface area contributed by atoms with E-state index in [4.69, 9.17) is 10.5 Å².